The van der Waals surface area contributed by atoms with Gasteiger partial charge in [0.15, 0.2) is 6.29 Å². The molecule has 0 fully saturated rings. The van der Waals surface area contributed by atoms with Crippen molar-refractivity contribution >= 4 is 17.9 Å². The van der Waals surface area contributed by atoms with Crippen LogP contribution in [0.3, 0.4) is 0 Å². The number of nitrogens with one attached hydrogen (secondary N) is 1. The second kappa shape index (κ2) is 10.00. The lowest BCUT2D eigenvalue weighted by atomic mass is 9.90. The number of nitrogens with zero attached hydrogens (tertiary/aromatic N) is 1. The monoisotopic (exact) mass is 484 g/mol. The van der Waals surface area contributed by atoms with Crippen LogP contribution in [0.2, 0.25) is 0 Å². The fraction of sp³-hybridized carbons (Fsp3) is 0.138. The van der Waals surface area contributed by atoms with E-state index in [2.05, 4.69) is 5.32 Å². The molecule has 182 valence electrons. The summed E-state index contributed by atoms with van der Waals surface area (Å²) in [4.78, 5) is 36.5. The molecule has 3 aromatic carbocycles. The number of methoxy groups -OCH3 is 1. The SMILES string of the molecule is COc1cc(-c2cccc(-c3cccc(NC(=O)c4cccn(C)c4=O)c3C)c2C)cc(F)c1C=O. The predicted octanol–water partition coefficient (Wildman–Crippen LogP) is 5.55. The largest absolute Gasteiger partial charge is 0.496 e. The number of carbonyl (C=O) groups is 2. The number of ether oxygens (including phenoxy) is 1. The van der Waals surface area contributed by atoms with Crippen molar-refractivity contribution in [1.29, 1.82) is 0 Å². The summed E-state index contributed by atoms with van der Waals surface area (Å²) in [6.07, 6.45) is 2.03. The van der Waals surface area contributed by atoms with Crippen LogP contribution < -0.4 is 15.6 Å². The van der Waals surface area contributed by atoms with E-state index in [9.17, 15) is 18.8 Å². The summed E-state index contributed by atoms with van der Waals surface area (Å²) < 4.78 is 21.2. The number of benzene rings is 3. The van der Waals surface area contributed by atoms with Crippen molar-refractivity contribution in [3.8, 4) is 28.0 Å². The number of anilines is 1. The number of hydrogen-bond donors (Lipinski definition) is 1. The molecule has 0 radical (unpaired) electrons. The van der Waals surface area contributed by atoms with Gasteiger partial charge in [-0.15, -0.1) is 0 Å². The van der Waals surface area contributed by atoms with Gasteiger partial charge in [0, 0.05) is 18.9 Å². The molecule has 6 nitrogen and oxygen atoms in total. The van der Waals surface area contributed by atoms with Gasteiger partial charge in [0.25, 0.3) is 11.5 Å². The summed E-state index contributed by atoms with van der Waals surface area (Å²) in [5.74, 6) is -0.977. The lowest BCUT2D eigenvalue weighted by Crippen LogP contribution is -2.27. The van der Waals surface area contributed by atoms with Gasteiger partial charge in [-0.3, -0.25) is 14.4 Å². The van der Waals surface area contributed by atoms with E-state index >= 15 is 0 Å². The van der Waals surface area contributed by atoms with Crippen LogP contribution in [0.1, 0.15) is 31.8 Å². The highest BCUT2D eigenvalue weighted by atomic mass is 19.1. The Bertz CT molecular complexity index is 1560. The minimum atomic E-state index is -0.655. The molecule has 4 aromatic rings. The first-order valence-corrected chi connectivity index (χ1v) is 11.3. The van der Waals surface area contributed by atoms with Crippen molar-refractivity contribution in [2.45, 2.75) is 13.8 Å². The van der Waals surface area contributed by atoms with Crippen molar-refractivity contribution in [2.24, 2.45) is 7.05 Å². The number of halogens is 1. The second-order valence-corrected chi connectivity index (χ2v) is 8.44. The molecule has 0 aliphatic carbocycles. The van der Waals surface area contributed by atoms with E-state index in [-0.39, 0.29) is 22.4 Å². The van der Waals surface area contributed by atoms with E-state index in [0.29, 0.717) is 17.5 Å². The van der Waals surface area contributed by atoms with E-state index < -0.39 is 11.7 Å². The van der Waals surface area contributed by atoms with Gasteiger partial charge in [-0.2, -0.15) is 0 Å². The molecule has 1 aromatic heterocycles. The Morgan fingerprint density at radius 3 is 2.33 bits per heavy atom. The van der Waals surface area contributed by atoms with E-state index in [1.54, 1.807) is 31.4 Å². The quantitative estimate of drug-likeness (QED) is 0.364. The Balaban J connectivity index is 1.76. The molecule has 0 bridgehead atoms. The third kappa shape index (κ3) is 4.43. The van der Waals surface area contributed by atoms with E-state index in [4.69, 9.17) is 4.74 Å². The number of amides is 1. The fourth-order valence-electron chi connectivity index (χ4n) is 4.29. The molecule has 0 aliphatic heterocycles. The molecule has 0 spiro atoms. The van der Waals surface area contributed by atoms with Gasteiger partial charge in [-0.05, 0) is 77.6 Å². The summed E-state index contributed by atoms with van der Waals surface area (Å²) in [7, 11) is 2.98. The van der Waals surface area contributed by atoms with Gasteiger partial charge >= 0.3 is 0 Å². The highest BCUT2D eigenvalue weighted by molar-refractivity contribution is 6.05. The molecule has 7 heteroatoms. The summed E-state index contributed by atoms with van der Waals surface area (Å²) in [6, 6.07) is 17.3. The summed E-state index contributed by atoms with van der Waals surface area (Å²) in [5, 5.41) is 2.85. The van der Waals surface area contributed by atoms with Crippen molar-refractivity contribution in [2.75, 3.05) is 12.4 Å². The second-order valence-electron chi connectivity index (χ2n) is 8.44. The van der Waals surface area contributed by atoms with Crippen molar-refractivity contribution in [1.82, 2.24) is 4.57 Å². The lowest BCUT2D eigenvalue weighted by molar-refractivity contribution is 0.102. The standard InChI is InChI=1S/C29H25FN2O4/c1-17-20(19-14-25(30)24(16-33)27(15-19)36-4)8-5-9-21(17)22-10-6-12-26(18(22)2)31-28(34)23-11-7-13-32(3)29(23)35/h5-16H,1-4H3,(H,31,34). The first-order valence-electron chi connectivity index (χ1n) is 11.3. The number of carbonyl (C=O) groups excluding carboxylic acids is 2. The Kier molecular flexibility index (Phi) is 6.83. The molecule has 36 heavy (non-hydrogen) atoms. The first kappa shape index (κ1) is 24.6. The van der Waals surface area contributed by atoms with Crippen LogP contribution in [0.4, 0.5) is 10.1 Å². The Morgan fingerprint density at radius 1 is 0.972 bits per heavy atom. The highest BCUT2D eigenvalue weighted by Gasteiger charge is 2.17. The third-order valence-corrected chi connectivity index (χ3v) is 6.31. The number of hydrogen-bond acceptors (Lipinski definition) is 4. The minimum absolute atomic E-state index is 0.0534. The summed E-state index contributed by atoms with van der Waals surface area (Å²) in [6.45, 7) is 3.82. The van der Waals surface area contributed by atoms with Crippen LogP contribution in [0.5, 0.6) is 5.75 Å². The molecule has 0 unspecified atom stereocenters. The van der Waals surface area contributed by atoms with Crippen LogP contribution >= 0.6 is 0 Å². The normalized spacial score (nSPS) is 10.7. The van der Waals surface area contributed by atoms with Gasteiger partial charge < -0.3 is 14.6 Å². The van der Waals surface area contributed by atoms with Crippen LogP contribution in [0.25, 0.3) is 22.3 Å². The minimum Gasteiger partial charge on any atom is -0.496 e. The highest BCUT2D eigenvalue weighted by Crippen LogP contribution is 2.37. The molecule has 4 rings (SSSR count). The molecule has 0 atom stereocenters. The van der Waals surface area contributed by atoms with Crippen LogP contribution in [-0.2, 0) is 7.05 Å². The maximum atomic E-state index is 14.6. The van der Waals surface area contributed by atoms with Crippen molar-refractivity contribution < 1.29 is 18.7 Å². The predicted molar refractivity (Wildman–Crippen MR) is 138 cm³/mol. The van der Waals surface area contributed by atoms with E-state index in [0.717, 1.165) is 27.8 Å². The number of aldehydes is 1. The molecule has 0 aliphatic rings. The van der Waals surface area contributed by atoms with Gasteiger partial charge in [0.1, 0.15) is 17.1 Å². The zero-order valence-corrected chi connectivity index (χ0v) is 20.4. The number of aryl methyl sites for hydroxylation is 1. The van der Waals surface area contributed by atoms with E-state index in [1.165, 1.54) is 23.8 Å². The summed E-state index contributed by atoms with van der Waals surface area (Å²) in [5.41, 5.74) is 4.98. The molecule has 1 heterocycles. The maximum Gasteiger partial charge on any atom is 0.263 e. The molecule has 1 N–H and O–H groups in total. The average Bonchev–Trinajstić information content (AvgIpc) is 2.86. The number of pyridine rings is 1. The zero-order valence-electron chi connectivity index (χ0n) is 20.4. The van der Waals surface area contributed by atoms with E-state index in [1.807, 2.05) is 44.2 Å². The Hall–Kier alpha value is -4.52. The lowest BCUT2D eigenvalue weighted by Gasteiger charge is -2.17. The molecular formula is C29H25FN2O4. The zero-order chi connectivity index (χ0) is 26.0. The topological polar surface area (TPSA) is 77.4 Å². The van der Waals surface area contributed by atoms with Crippen molar-refractivity contribution in [3.05, 3.63) is 105 Å². The number of aromatic nitrogens is 1. The third-order valence-electron chi connectivity index (χ3n) is 6.31. The van der Waals surface area contributed by atoms with Gasteiger partial charge in [-0.25, -0.2) is 4.39 Å². The average molecular weight is 485 g/mol. The fourth-order valence-corrected chi connectivity index (χ4v) is 4.29. The molecule has 0 saturated carbocycles. The van der Waals surface area contributed by atoms with Gasteiger partial charge in [0.05, 0.1) is 12.7 Å². The number of rotatable bonds is 6. The molecular weight excluding hydrogens is 459 g/mol. The maximum absolute atomic E-state index is 14.6. The van der Waals surface area contributed by atoms with Crippen LogP contribution in [-0.4, -0.2) is 23.9 Å². The van der Waals surface area contributed by atoms with Crippen LogP contribution in [0, 0.1) is 19.7 Å². The Labute approximate surface area is 208 Å². The molecule has 0 saturated heterocycles. The Morgan fingerprint density at radius 2 is 1.64 bits per heavy atom. The first-order chi connectivity index (χ1) is 17.3. The van der Waals surface area contributed by atoms with Gasteiger partial charge in [-0.1, -0.05) is 30.3 Å². The van der Waals surface area contributed by atoms with Crippen molar-refractivity contribution in [3.63, 3.8) is 0 Å². The van der Waals surface area contributed by atoms with Gasteiger partial charge in [0.2, 0.25) is 0 Å². The summed E-state index contributed by atoms with van der Waals surface area (Å²) >= 11 is 0. The molecule has 1 amide bonds. The van der Waals surface area contributed by atoms with Crippen LogP contribution in [0.15, 0.2) is 71.7 Å². The smallest absolute Gasteiger partial charge is 0.263 e.